The number of methoxy groups -OCH3 is 1. The van der Waals surface area contributed by atoms with Crippen LogP contribution in [0.1, 0.15) is 15.4 Å². The van der Waals surface area contributed by atoms with Gasteiger partial charge in [-0.25, -0.2) is 0 Å². The Labute approximate surface area is 193 Å². The average Bonchev–Trinajstić information content (AvgIpc) is 3.43. The molecule has 1 N–H and O–H groups in total. The van der Waals surface area contributed by atoms with Crippen molar-refractivity contribution in [1.82, 2.24) is 19.8 Å². The van der Waals surface area contributed by atoms with Gasteiger partial charge in [-0.05, 0) is 35.7 Å². The number of ether oxygens (including phenoxy) is 1. The monoisotopic (exact) mass is 468 g/mol. The first-order chi connectivity index (χ1) is 15.5. The Morgan fingerprint density at radius 3 is 3.00 bits per heavy atom. The summed E-state index contributed by atoms with van der Waals surface area (Å²) in [5.41, 5.74) is 1.81. The van der Waals surface area contributed by atoms with Crippen LogP contribution in [-0.2, 0) is 16.1 Å². The number of nitrogens with one attached hydrogen (secondary N) is 1. The molecular formula is C23H21ClN4O3S. The number of aromatic nitrogens is 2. The van der Waals surface area contributed by atoms with Gasteiger partial charge < -0.3 is 19.5 Å². The number of thiophene rings is 1. The van der Waals surface area contributed by atoms with Crippen LogP contribution in [0.5, 0.6) is 0 Å². The summed E-state index contributed by atoms with van der Waals surface area (Å²) in [6.45, 7) is 1.39. The lowest BCUT2D eigenvalue weighted by molar-refractivity contribution is -0.143. The molecule has 2 amide bonds. The maximum Gasteiger partial charge on any atom is 0.264 e. The maximum atomic E-state index is 13.4. The van der Waals surface area contributed by atoms with E-state index in [1.807, 2.05) is 36.5 Å². The van der Waals surface area contributed by atoms with Gasteiger partial charge >= 0.3 is 0 Å². The number of halogens is 1. The minimum Gasteiger partial charge on any atom is -0.382 e. The van der Waals surface area contributed by atoms with E-state index in [-0.39, 0.29) is 18.4 Å². The molecule has 1 aromatic carbocycles. The molecule has 0 spiro atoms. The number of aromatic amines is 1. The van der Waals surface area contributed by atoms with Crippen molar-refractivity contribution in [3.63, 3.8) is 0 Å². The molecule has 0 saturated carbocycles. The van der Waals surface area contributed by atoms with E-state index in [4.69, 9.17) is 16.3 Å². The van der Waals surface area contributed by atoms with Gasteiger partial charge in [0.05, 0.1) is 23.7 Å². The van der Waals surface area contributed by atoms with Crippen molar-refractivity contribution in [3.8, 4) is 0 Å². The molecule has 1 fully saturated rings. The van der Waals surface area contributed by atoms with Gasteiger partial charge in [0.25, 0.3) is 5.91 Å². The van der Waals surface area contributed by atoms with Gasteiger partial charge in [-0.15, -0.1) is 11.3 Å². The van der Waals surface area contributed by atoms with Crippen molar-refractivity contribution in [1.29, 1.82) is 0 Å². The van der Waals surface area contributed by atoms with Crippen LogP contribution in [0, 0.1) is 0 Å². The summed E-state index contributed by atoms with van der Waals surface area (Å²) in [5.74, 6) is -0.298. The number of carbonyl (C=O) groups is 2. The van der Waals surface area contributed by atoms with Gasteiger partial charge in [-0.3, -0.25) is 14.6 Å². The zero-order valence-corrected chi connectivity index (χ0v) is 18.9. The Hall–Kier alpha value is -2.94. The summed E-state index contributed by atoms with van der Waals surface area (Å²) in [7, 11) is 1.54. The lowest BCUT2D eigenvalue weighted by Gasteiger charge is -2.40. The van der Waals surface area contributed by atoms with E-state index in [1.54, 1.807) is 29.2 Å². The number of piperazine rings is 1. The second kappa shape index (κ2) is 8.54. The smallest absolute Gasteiger partial charge is 0.264 e. The highest BCUT2D eigenvalue weighted by atomic mass is 35.5. The summed E-state index contributed by atoms with van der Waals surface area (Å²) in [6.07, 6.45) is 3.60. The molecule has 0 aliphatic carbocycles. The lowest BCUT2D eigenvalue weighted by Crippen LogP contribution is -2.59. The van der Waals surface area contributed by atoms with Gasteiger partial charge in [0.1, 0.15) is 6.04 Å². The van der Waals surface area contributed by atoms with Crippen molar-refractivity contribution in [3.05, 3.63) is 64.4 Å². The lowest BCUT2D eigenvalue weighted by atomic mass is 10.1. The molecule has 9 heteroatoms. The minimum absolute atomic E-state index is 0.134. The molecule has 1 aliphatic heterocycles. The van der Waals surface area contributed by atoms with Gasteiger partial charge in [0, 0.05) is 53.2 Å². The Morgan fingerprint density at radius 1 is 1.28 bits per heavy atom. The molecule has 1 aliphatic rings. The molecule has 0 radical (unpaired) electrons. The first-order valence-corrected chi connectivity index (χ1v) is 11.4. The van der Waals surface area contributed by atoms with Crippen LogP contribution >= 0.6 is 22.9 Å². The molecule has 1 saturated heterocycles. The fourth-order valence-corrected chi connectivity index (χ4v) is 5.45. The molecular weight excluding hydrogens is 448 g/mol. The van der Waals surface area contributed by atoms with E-state index in [1.165, 1.54) is 11.3 Å². The number of benzene rings is 1. The number of hydrogen-bond acceptors (Lipinski definition) is 5. The fourth-order valence-electron chi connectivity index (χ4n) is 4.16. The highest BCUT2D eigenvalue weighted by Crippen LogP contribution is 2.30. The van der Waals surface area contributed by atoms with Gasteiger partial charge in [0.2, 0.25) is 5.91 Å². The number of amides is 2. The number of fused-ring (bicyclic) bond motifs is 2. The first kappa shape index (κ1) is 20.9. The molecule has 164 valence electrons. The average molecular weight is 469 g/mol. The Balaban J connectivity index is 1.39. The van der Waals surface area contributed by atoms with Crippen LogP contribution in [0.3, 0.4) is 0 Å². The number of rotatable bonds is 5. The molecule has 7 nitrogen and oxygen atoms in total. The maximum absolute atomic E-state index is 13.4. The summed E-state index contributed by atoms with van der Waals surface area (Å²) in [4.78, 5) is 38.3. The summed E-state index contributed by atoms with van der Waals surface area (Å²) < 4.78 is 6.27. The van der Waals surface area contributed by atoms with Gasteiger partial charge in [-0.1, -0.05) is 17.7 Å². The zero-order valence-electron chi connectivity index (χ0n) is 17.4. The second-order valence-electron chi connectivity index (χ2n) is 7.72. The van der Waals surface area contributed by atoms with E-state index < -0.39 is 6.04 Å². The molecule has 0 unspecified atom stereocenters. The van der Waals surface area contributed by atoms with E-state index in [9.17, 15) is 9.59 Å². The number of pyridine rings is 1. The fraction of sp³-hybridized carbons (Fsp3) is 0.261. The van der Waals surface area contributed by atoms with Crippen LogP contribution in [0.4, 0.5) is 0 Å². The van der Waals surface area contributed by atoms with E-state index in [0.29, 0.717) is 29.5 Å². The first-order valence-electron chi connectivity index (χ1n) is 10.2. The predicted molar refractivity (Wildman–Crippen MR) is 125 cm³/mol. The van der Waals surface area contributed by atoms with Crippen molar-refractivity contribution in [2.24, 2.45) is 0 Å². The Kier molecular flexibility index (Phi) is 5.58. The van der Waals surface area contributed by atoms with Gasteiger partial charge in [-0.2, -0.15) is 0 Å². The molecule has 4 heterocycles. The predicted octanol–water partition coefficient (Wildman–Crippen LogP) is 3.93. The normalized spacial score (nSPS) is 16.9. The van der Waals surface area contributed by atoms with E-state index in [0.717, 1.165) is 26.7 Å². The number of H-pyrrole nitrogens is 1. The third-order valence-corrected chi connectivity index (χ3v) is 7.09. The molecule has 0 bridgehead atoms. The summed E-state index contributed by atoms with van der Waals surface area (Å²) in [5, 5.41) is 2.58. The summed E-state index contributed by atoms with van der Waals surface area (Å²) >= 11 is 7.47. The second-order valence-corrected chi connectivity index (χ2v) is 9.24. The summed E-state index contributed by atoms with van der Waals surface area (Å²) in [6, 6.07) is 10.6. The van der Waals surface area contributed by atoms with Crippen molar-refractivity contribution < 1.29 is 14.3 Å². The van der Waals surface area contributed by atoms with E-state index in [2.05, 4.69) is 9.97 Å². The van der Waals surface area contributed by atoms with Crippen LogP contribution in [0.25, 0.3) is 21.0 Å². The SMILES string of the molecule is COC[C@H]1C(=O)N(Cc2nccc3[nH]ccc23)CCN1C(=O)c1cc2ccc(Cl)cc2s1. The van der Waals surface area contributed by atoms with E-state index >= 15 is 0 Å². The molecule has 4 aromatic rings. The topological polar surface area (TPSA) is 78.5 Å². The van der Waals surface area contributed by atoms with Crippen molar-refractivity contribution >= 4 is 55.7 Å². The van der Waals surface area contributed by atoms with Crippen LogP contribution < -0.4 is 0 Å². The standard InChI is InChI=1S/C23H21ClN4O3S/c1-31-13-19-22(29)27(12-18-16-4-6-25-17(16)5-7-26-18)8-9-28(19)23(30)21-10-14-2-3-15(24)11-20(14)32-21/h2-7,10-11,19,25H,8-9,12-13H2,1H3/t19-/m0/s1. The largest absolute Gasteiger partial charge is 0.382 e. The number of hydrogen-bond donors (Lipinski definition) is 1. The Bertz CT molecular complexity index is 1320. The number of carbonyl (C=O) groups excluding carboxylic acids is 2. The minimum atomic E-state index is -0.680. The third-order valence-electron chi connectivity index (χ3n) is 5.76. The quantitative estimate of drug-likeness (QED) is 0.481. The molecule has 32 heavy (non-hydrogen) atoms. The third kappa shape index (κ3) is 3.74. The molecule has 5 rings (SSSR count). The van der Waals surface area contributed by atoms with Gasteiger partial charge in [0.15, 0.2) is 0 Å². The van der Waals surface area contributed by atoms with Crippen LogP contribution in [0.2, 0.25) is 5.02 Å². The van der Waals surface area contributed by atoms with Crippen molar-refractivity contribution in [2.75, 3.05) is 26.8 Å². The number of nitrogens with zero attached hydrogens (tertiary/aromatic N) is 3. The van der Waals surface area contributed by atoms with Crippen molar-refractivity contribution in [2.45, 2.75) is 12.6 Å². The highest BCUT2D eigenvalue weighted by molar-refractivity contribution is 7.20. The van der Waals surface area contributed by atoms with Crippen LogP contribution in [-0.4, -0.2) is 64.4 Å². The molecule has 1 atom stereocenters. The molecule has 3 aromatic heterocycles. The Morgan fingerprint density at radius 2 is 2.16 bits per heavy atom. The highest BCUT2D eigenvalue weighted by Gasteiger charge is 2.38. The zero-order chi connectivity index (χ0) is 22.2. The van der Waals surface area contributed by atoms with Crippen LogP contribution in [0.15, 0.2) is 48.8 Å².